The lowest BCUT2D eigenvalue weighted by Crippen LogP contribution is -2.28. The smallest absolute Gasteiger partial charge is 0.227 e. The summed E-state index contributed by atoms with van der Waals surface area (Å²) in [6, 6.07) is 7.55. The van der Waals surface area contributed by atoms with Crippen LogP contribution in [0.1, 0.15) is 44.9 Å². The van der Waals surface area contributed by atoms with Gasteiger partial charge in [0.15, 0.2) is 0 Å². The van der Waals surface area contributed by atoms with Crippen LogP contribution in [0, 0.1) is 5.92 Å². The number of nitrogen functional groups attached to an aromatic ring is 1. The fourth-order valence-electron chi connectivity index (χ4n) is 2.88. The normalized spacial score (nSPS) is 16.9. The van der Waals surface area contributed by atoms with Gasteiger partial charge in [-0.25, -0.2) is 0 Å². The lowest BCUT2D eigenvalue weighted by Gasteiger charge is -2.22. The summed E-state index contributed by atoms with van der Waals surface area (Å²) in [4.78, 5) is 14.1. The predicted molar refractivity (Wildman–Crippen MR) is 80.1 cm³/mol. The lowest BCUT2D eigenvalue weighted by molar-refractivity contribution is -0.119. The number of nitrogens with two attached hydrogens (primary N) is 1. The highest BCUT2D eigenvalue weighted by atomic mass is 16.2. The first-order chi connectivity index (χ1) is 9.18. The van der Waals surface area contributed by atoms with Crippen molar-refractivity contribution in [1.82, 2.24) is 0 Å². The molecular weight excluding hydrogens is 236 g/mol. The van der Waals surface area contributed by atoms with E-state index in [2.05, 4.69) is 0 Å². The predicted octanol–water partition coefficient (Wildman–Crippen LogP) is 3.59. The van der Waals surface area contributed by atoms with E-state index in [4.69, 9.17) is 5.73 Å². The van der Waals surface area contributed by atoms with E-state index in [0.717, 1.165) is 5.69 Å². The van der Waals surface area contributed by atoms with Crippen LogP contribution >= 0.6 is 0 Å². The van der Waals surface area contributed by atoms with Crippen molar-refractivity contribution in [3.63, 3.8) is 0 Å². The molecule has 3 heteroatoms. The number of hydrogen-bond donors (Lipinski definition) is 1. The van der Waals surface area contributed by atoms with Gasteiger partial charge in [0.1, 0.15) is 0 Å². The standard InChI is InChI=1S/C16H24N2O/c1-18(15-11-7-6-10-14(15)17)16(19)12-13-8-4-2-3-5-9-13/h6-7,10-11,13H,2-5,8-9,12,17H2,1H3. The fourth-order valence-corrected chi connectivity index (χ4v) is 2.88. The Hall–Kier alpha value is -1.51. The maximum Gasteiger partial charge on any atom is 0.227 e. The summed E-state index contributed by atoms with van der Waals surface area (Å²) in [6.07, 6.45) is 8.25. The van der Waals surface area contributed by atoms with Crippen LogP contribution in [-0.2, 0) is 4.79 Å². The van der Waals surface area contributed by atoms with Crippen LogP contribution in [-0.4, -0.2) is 13.0 Å². The highest BCUT2D eigenvalue weighted by Gasteiger charge is 2.19. The summed E-state index contributed by atoms with van der Waals surface area (Å²) in [5, 5.41) is 0. The second kappa shape index (κ2) is 6.60. The third-order valence-corrected chi connectivity index (χ3v) is 4.11. The summed E-state index contributed by atoms with van der Waals surface area (Å²) < 4.78 is 0. The molecule has 104 valence electrons. The van der Waals surface area contributed by atoms with Gasteiger partial charge in [0.25, 0.3) is 0 Å². The van der Waals surface area contributed by atoms with Crippen LogP contribution in [0.15, 0.2) is 24.3 Å². The molecule has 1 amide bonds. The number of anilines is 2. The van der Waals surface area contributed by atoms with Crippen LogP contribution in [0.3, 0.4) is 0 Å². The molecule has 3 nitrogen and oxygen atoms in total. The molecule has 0 heterocycles. The maximum atomic E-state index is 12.3. The summed E-state index contributed by atoms with van der Waals surface area (Å²) in [6.45, 7) is 0. The van der Waals surface area contributed by atoms with Gasteiger partial charge in [-0.15, -0.1) is 0 Å². The zero-order chi connectivity index (χ0) is 13.7. The van der Waals surface area contributed by atoms with Crippen molar-refractivity contribution in [1.29, 1.82) is 0 Å². The van der Waals surface area contributed by atoms with E-state index < -0.39 is 0 Å². The Balaban J connectivity index is 1.97. The van der Waals surface area contributed by atoms with Crippen molar-refractivity contribution in [2.24, 2.45) is 5.92 Å². The zero-order valence-electron chi connectivity index (χ0n) is 11.8. The molecule has 2 N–H and O–H groups in total. The second-order valence-electron chi connectivity index (χ2n) is 5.57. The number of nitrogens with zero attached hydrogens (tertiary/aromatic N) is 1. The van der Waals surface area contributed by atoms with Crippen molar-refractivity contribution in [2.75, 3.05) is 17.7 Å². The molecule has 0 radical (unpaired) electrons. The minimum Gasteiger partial charge on any atom is -0.397 e. The Morgan fingerprint density at radius 2 is 1.84 bits per heavy atom. The molecule has 1 aromatic carbocycles. The van der Waals surface area contributed by atoms with Crippen LogP contribution in [0.5, 0.6) is 0 Å². The molecule has 0 saturated heterocycles. The number of para-hydroxylation sites is 2. The van der Waals surface area contributed by atoms with Gasteiger partial charge in [-0.05, 0) is 30.9 Å². The molecule has 0 atom stereocenters. The molecule has 0 unspecified atom stereocenters. The Labute approximate surface area is 115 Å². The summed E-state index contributed by atoms with van der Waals surface area (Å²) in [5.74, 6) is 0.743. The van der Waals surface area contributed by atoms with Crippen LogP contribution < -0.4 is 10.6 Å². The van der Waals surface area contributed by atoms with E-state index >= 15 is 0 Å². The number of hydrogen-bond acceptors (Lipinski definition) is 2. The van der Waals surface area contributed by atoms with Crippen molar-refractivity contribution in [3.8, 4) is 0 Å². The van der Waals surface area contributed by atoms with Gasteiger partial charge in [0.2, 0.25) is 5.91 Å². The summed E-state index contributed by atoms with van der Waals surface area (Å²) in [5.41, 5.74) is 7.41. The average Bonchev–Trinajstić information content (AvgIpc) is 2.67. The molecule has 0 aliphatic heterocycles. The molecule has 1 aliphatic carbocycles. The quantitative estimate of drug-likeness (QED) is 0.667. The van der Waals surface area contributed by atoms with E-state index in [0.29, 0.717) is 18.0 Å². The fraction of sp³-hybridized carbons (Fsp3) is 0.562. The molecule has 2 rings (SSSR count). The van der Waals surface area contributed by atoms with E-state index in [1.807, 2.05) is 31.3 Å². The molecular formula is C16H24N2O. The van der Waals surface area contributed by atoms with E-state index in [1.54, 1.807) is 4.90 Å². The molecule has 0 bridgehead atoms. The van der Waals surface area contributed by atoms with Gasteiger partial charge >= 0.3 is 0 Å². The van der Waals surface area contributed by atoms with E-state index in [9.17, 15) is 4.79 Å². The van der Waals surface area contributed by atoms with Crippen molar-refractivity contribution in [3.05, 3.63) is 24.3 Å². The molecule has 1 aromatic rings. The number of benzene rings is 1. The first-order valence-electron chi connectivity index (χ1n) is 7.29. The summed E-state index contributed by atoms with van der Waals surface area (Å²) in [7, 11) is 1.82. The van der Waals surface area contributed by atoms with Gasteiger partial charge in [0, 0.05) is 13.5 Å². The zero-order valence-corrected chi connectivity index (χ0v) is 11.8. The molecule has 0 spiro atoms. The molecule has 19 heavy (non-hydrogen) atoms. The minimum atomic E-state index is 0.185. The van der Waals surface area contributed by atoms with Crippen molar-refractivity contribution in [2.45, 2.75) is 44.9 Å². The Bertz CT molecular complexity index is 423. The Morgan fingerprint density at radius 1 is 1.21 bits per heavy atom. The topological polar surface area (TPSA) is 46.3 Å². The first kappa shape index (κ1) is 13.9. The van der Waals surface area contributed by atoms with Crippen molar-refractivity contribution >= 4 is 17.3 Å². The Morgan fingerprint density at radius 3 is 2.47 bits per heavy atom. The number of carbonyl (C=O) groups is 1. The number of amides is 1. The molecule has 1 fully saturated rings. The van der Waals surface area contributed by atoms with Crippen LogP contribution in [0.2, 0.25) is 0 Å². The van der Waals surface area contributed by atoms with Gasteiger partial charge in [-0.2, -0.15) is 0 Å². The van der Waals surface area contributed by atoms with Gasteiger partial charge in [-0.3, -0.25) is 4.79 Å². The minimum absolute atomic E-state index is 0.185. The van der Waals surface area contributed by atoms with Gasteiger partial charge < -0.3 is 10.6 Å². The number of carbonyl (C=O) groups excluding carboxylic acids is 1. The molecule has 1 aliphatic rings. The second-order valence-corrected chi connectivity index (χ2v) is 5.57. The van der Waals surface area contributed by atoms with Crippen LogP contribution in [0.4, 0.5) is 11.4 Å². The third kappa shape index (κ3) is 3.72. The highest BCUT2D eigenvalue weighted by molar-refractivity contribution is 5.95. The molecule has 0 aromatic heterocycles. The highest BCUT2D eigenvalue weighted by Crippen LogP contribution is 2.28. The third-order valence-electron chi connectivity index (χ3n) is 4.11. The number of rotatable bonds is 3. The maximum absolute atomic E-state index is 12.3. The monoisotopic (exact) mass is 260 g/mol. The van der Waals surface area contributed by atoms with E-state index in [1.165, 1.54) is 38.5 Å². The average molecular weight is 260 g/mol. The summed E-state index contributed by atoms with van der Waals surface area (Å²) >= 11 is 0. The largest absolute Gasteiger partial charge is 0.397 e. The van der Waals surface area contributed by atoms with E-state index in [-0.39, 0.29) is 5.91 Å². The SMILES string of the molecule is CN(C(=O)CC1CCCCCC1)c1ccccc1N. The lowest BCUT2D eigenvalue weighted by atomic mass is 9.96. The first-order valence-corrected chi connectivity index (χ1v) is 7.29. The molecule has 1 saturated carbocycles. The van der Waals surface area contributed by atoms with Gasteiger partial charge in [0.05, 0.1) is 11.4 Å². The Kier molecular flexibility index (Phi) is 4.83. The van der Waals surface area contributed by atoms with Crippen LogP contribution in [0.25, 0.3) is 0 Å². The van der Waals surface area contributed by atoms with Crippen molar-refractivity contribution < 1.29 is 4.79 Å². The van der Waals surface area contributed by atoms with Gasteiger partial charge in [-0.1, -0.05) is 37.8 Å².